The Labute approximate surface area is 90.8 Å². The molecular weight excluding hydrogens is 207 g/mol. The Morgan fingerprint density at radius 1 is 1.31 bits per heavy atom. The van der Waals surface area contributed by atoms with Crippen LogP contribution in [0, 0.1) is 0 Å². The number of hydrogen-bond donors (Lipinski definition) is 1. The molecule has 1 fully saturated rings. The molecule has 0 bridgehead atoms. The van der Waals surface area contributed by atoms with E-state index in [0.29, 0.717) is 0 Å². The van der Waals surface area contributed by atoms with E-state index in [9.17, 15) is 0 Å². The van der Waals surface area contributed by atoms with Crippen molar-refractivity contribution in [3.8, 4) is 0 Å². The van der Waals surface area contributed by atoms with E-state index >= 15 is 0 Å². The lowest BCUT2D eigenvalue weighted by Gasteiger charge is -2.05. The van der Waals surface area contributed by atoms with E-state index < -0.39 is 0 Å². The van der Waals surface area contributed by atoms with Gasteiger partial charge in [-0.15, -0.1) is 24.8 Å². The van der Waals surface area contributed by atoms with Crippen LogP contribution < -0.4 is 5.73 Å². The molecule has 0 spiro atoms. The van der Waals surface area contributed by atoms with Crippen molar-refractivity contribution in [1.29, 1.82) is 0 Å². The van der Waals surface area contributed by atoms with Crippen molar-refractivity contribution in [2.75, 3.05) is 0 Å². The second-order valence-electron chi connectivity index (χ2n) is 3.36. The molecule has 0 radical (unpaired) electrons. The first-order valence-electron chi connectivity index (χ1n) is 3.97. The molecule has 2 nitrogen and oxygen atoms in total. The first-order valence-corrected chi connectivity index (χ1v) is 3.97. The van der Waals surface area contributed by atoms with E-state index in [1.165, 1.54) is 0 Å². The average molecular weight is 221 g/mol. The van der Waals surface area contributed by atoms with E-state index in [1.807, 2.05) is 24.4 Å². The maximum absolute atomic E-state index is 5.94. The highest BCUT2D eigenvalue weighted by molar-refractivity contribution is 5.85. The molecule has 1 aliphatic rings. The van der Waals surface area contributed by atoms with Crippen molar-refractivity contribution < 1.29 is 0 Å². The normalized spacial score (nSPS) is 16.7. The van der Waals surface area contributed by atoms with Crippen LogP contribution in [0.1, 0.15) is 18.5 Å². The van der Waals surface area contributed by atoms with Gasteiger partial charge in [-0.2, -0.15) is 0 Å². The molecule has 4 heteroatoms. The lowest BCUT2D eigenvalue weighted by atomic mass is 10.1. The van der Waals surface area contributed by atoms with Crippen molar-refractivity contribution in [3.63, 3.8) is 0 Å². The summed E-state index contributed by atoms with van der Waals surface area (Å²) in [5.74, 6) is 0. The van der Waals surface area contributed by atoms with Gasteiger partial charge < -0.3 is 5.73 Å². The van der Waals surface area contributed by atoms with Gasteiger partial charge in [-0.25, -0.2) is 0 Å². The zero-order valence-electron chi connectivity index (χ0n) is 7.27. The third kappa shape index (κ3) is 3.51. The predicted octanol–water partition coefficient (Wildman–Crippen LogP) is 1.96. The van der Waals surface area contributed by atoms with Crippen LogP contribution >= 0.6 is 24.8 Å². The van der Waals surface area contributed by atoms with Crippen LogP contribution in [0.15, 0.2) is 24.4 Å². The molecule has 13 heavy (non-hydrogen) atoms. The fourth-order valence-electron chi connectivity index (χ4n) is 1.20. The number of halogens is 2. The van der Waals surface area contributed by atoms with Gasteiger partial charge in [0.15, 0.2) is 0 Å². The monoisotopic (exact) mass is 220 g/mol. The Balaban J connectivity index is 0.000000720. The molecule has 1 heterocycles. The van der Waals surface area contributed by atoms with E-state index in [2.05, 4.69) is 4.98 Å². The Hall–Kier alpha value is -0.310. The third-order valence-corrected chi connectivity index (χ3v) is 2.15. The highest BCUT2D eigenvalue weighted by atomic mass is 35.5. The number of nitrogens with two attached hydrogens (primary N) is 1. The third-order valence-electron chi connectivity index (χ3n) is 2.15. The van der Waals surface area contributed by atoms with Gasteiger partial charge >= 0.3 is 0 Å². The van der Waals surface area contributed by atoms with Crippen molar-refractivity contribution in [2.24, 2.45) is 5.73 Å². The van der Waals surface area contributed by atoms with Gasteiger partial charge in [0, 0.05) is 23.9 Å². The molecular formula is C9H14Cl2N2. The molecule has 0 atom stereocenters. The molecule has 2 rings (SSSR count). The van der Waals surface area contributed by atoms with Gasteiger partial charge in [-0.3, -0.25) is 4.98 Å². The topological polar surface area (TPSA) is 38.9 Å². The molecule has 2 N–H and O–H groups in total. The maximum atomic E-state index is 5.94. The van der Waals surface area contributed by atoms with Crippen LogP contribution in [0.5, 0.6) is 0 Å². The van der Waals surface area contributed by atoms with Gasteiger partial charge in [0.25, 0.3) is 0 Å². The molecule has 1 saturated carbocycles. The minimum atomic E-state index is 0. The summed E-state index contributed by atoms with van der Waals surface area (Å²) >= 11 is 0. The summed E-state index contributed by atoms with van der Waals surface area (Å²) in [6.07, 6.45) is 5.07. The molecule has 0 unspecified atom stereocenters. The molecule has 1 aromatic heterocycles. The van der Waals surface area contributed by atoms with E-state index in [4.69, 9.17) is 5.73 Å². The van der Waals surface area contributed by atoms with E-state index in [-0.39, 0.29) is 30.4 Å². The molecule has 74 valence electrons. The van der Waals surface area contributed by atoms with Crippen LogP contribution in [-0.2, 0) is 6.42 Å². The first-order chi connectivity index (χ1) is 5.29. The van der Waals surface area contributed by atoms with Crippen LogP contribution in [0.3, 0.4) is 0 Å². The quantitative estimate of drug-likeness (QED) is 0.829. The van der Waals surface area contributed by atoms with Crippen molar-refractivity contribution in [1.82, 2.24) is 4.98 Å². The van der Waals surface area contributed by atoms with Gasteiger partial charge in [0.2, 0.25) is 0 Å². The summed E-state index contributed by atoms with van der Waals surface area (Å²) in [5, 5.41) is 0. The molecule has 0 aliphatic heterocycles. The average Bonchev–Trinajstić information content (AvgIpc) is 2.70. The maximum Gasteiger partial charge on any atom is 0.0421 e. The summed E-state index contributed by atoms with van der Waals surface area (Å²) in [6, 6.07) is 5.97. The van der Waals surface area contributed by atoms with E-state index in [0.717, 1.165) is 25.0 Å². The number of hydrogen-bond acceptors (Lipinski definition) is 2. The lowest BCUT2D eigenvalue weighted by Crippen LogP contribution is -2.24. The summed E-state index contributed by atoms with van der Waals surface area (Å²) in [4.78, 5) is 4.22. The Morgan fingerprint density at radius 3 is 2.46 bits per heavy atom. The second-order valence-corrected chi connectivity index (χ2v) is 3.36. The summed E-state index contributed by atoms with van der Waals surface area (Å²) in [7, 11) is 0. The number of aromatic nitrogens is 1. The van der Waals surface area contributed by atoms with Crippen LogP contribution in [-0.4, -0.2) is 10.5 Å². The highest BCUT2D eigenvalue weighted by Gasteiger charge is 2.38. The molecule has 0 saturated heterocycles. The van der Waals surface area contributed by atoms with Gasteiger partial charge in [-0.05, 0) is 25.0 Å². The van der Waals surface area contributed by atoms with Crippen molar-refractivity contribution in [3.05, 3.63) is 30.1 Å². The smallest absolute Gasteiger partial charge is 0.0421 e. The molecule has 1 aliphatic carbocycles. The lowest BCUT2D eigenvalue weighted by molar-refractivity contribution is 0.659. The summed E-state index contributed by atoms with van der Waals surface area (Å²) in [6.45, 7) is 0. The van der Waals surface area contributed by atoms with Gasteiger partial charge in [-0.1, -0.05) is 6.07 Å². The zero-order chi connectivity index (χ0) is 7.73. The van der Waals surface area contributed by atoms with Gasteiger partial charge in [0.1, 0.15) is 0 Å². The standard InChI is InChI=1S/C9H12N2.2ClH/c10-9(4-5-9)7-8-3-1-2-6-11-8;;/h1-3,6H,4-5,7,10H2;2*1H. The van der Waals surface area contributed by atoms with E-state index in [1.54, 1.807) is 0 Å². The summed E-state index contributed by atoms with van der Waals surface area (Å²) < 4.78 is 0. The molecule has 0 aromatic carbocycles. The Bertz CT molecular complexity index is 247. The van der Waals surface area contributed by atoms with Crippen molar-refractivity contribution in [2.45, 2.75) is 24.8 Å². The minimum Gasteiger partial charge on any atom is -0.325 e. The number of pyridine rings is 1. The SMILES string of the molecule is Cl.Cl.NC1(Cc2ccccn2)CC1. The predicted molar refractivity (Wildman–Crippen MR) is 58.6 cm³/mol. The van der Waals surface area contributed by atoms with Crippen molar-refractivity contribution >= 4 is 24.8 Å². The van der Waals surface area contributed by atoms with Gasteiger partial charge in [0.05, 0.1) is 0 Å². The highest BCUT2D eigenvalue weighted by Crippen LogP contribution is 2.34. The second kappa shape index (κ2) is 4.80. The molecule has 1 aromatic rings. The zero-order valence-corrected chi connectivity index (χ0v) is 8.90. The van der Waals surface area contributed by atoms with Crippen LogP contribution in [0.4, 0.5) is 0 Å². The first kappa shape index (κ1) is 12.7. The Morgan fingerprint density at radius 2 is 2.00 bits per heavy atom. The number of rotatable bonds is 2. The van der Waals surface area contributed by atoms with Crippen LogP contribution in [0.25, 0.3) is 0 Å². The largest absolute Gasteiger partial charge is 0.325 e. The number of nitrogens with zero attached hydrogens (tertiary/aromatic N) is 1. The minimum absolute atomic E-state index is 0. The molecule has 0 amide bonds. The van der Waals surface area contributed by atoms with Crippen LogP contribution in [0.2, 0.25) is 0 Å². The summed E-state index contributed by atoms with van der Waals surface area (Å²) in [5.41, 5.74) is 7.15. The fourth-order valence-corrected chi connectivity index (χ4v) is 1.20. The fraction of sp³-hybridized carbons (Fsp3) is 0.444. The Kier molecular flexibility index (Phi) is 4.68.